The first-order chi connectivity index (χ1) is 10.0. The molecule has 0 heterocycles. The molecule has 120 valence electrons. The Morgan fingerprint density at radius 2 is 1.81 bits per heavy atom. The topological polar surface area (TPSA) is 55.4 Å². The van der Waals surface area contributed by atoms with Crippen molar-refractivity contribution in [3.8, 4) is 5.75 Å². The highest BCUT2D eigenvalue weighted by molar-refractivity contribution is 7.91. The van der Waals surface area contributed by atoms with Gasteiger partial charge in [0.15, 0.2) is 0 Å². The van der Waals surface area contributed by atoms with Crippen molar-refractivity contribution in [2.75, 3.05) is 24.7 Å². The summed E-state index contributed by atoms with van der Waals surface area (Å²) < 4.78 is 28.3. The lowest BCUT2D eigenvalue weighted by Crippen LogP contribution is -2.19. The fourth-order valence-corrected chi connectivity index (χ4v) is 3.00. The fraction of sp³-hybridized carbons (Fsp3) is 0.625. The summed E-state index contributed by atoms with van der Waals surface area (Å²) in [5, 5.41) is 3.44. The highest BCUT2D eigenvalue weighted by Crippen LogP contribution is 2.20. The Morgan fingerprint density at radius 3 is 2.33 bits per heavy atom. The van der Waals surface area contributed by atoms with Crippen LogP contribution < -0.4 is 10.1 Å². The zero-order valence-corrected chi connectivity index (χ0v) is 14.1. The molecular weight excluding hydrogens is 286 g/mol. The maximum Gasteiger partial charge on any atom is 0.150 e. The summed E-state index contributed by atoms with van der Waals surface area (Å²) in [7, 11) is -2.89. The molecule has 1 unspecified atom stereocenters. The van der Waals surface area contributed by atoms with Gasteiger partial charge in [-0.2, -0.15) is 0 Å². The highest BCUT2D eigenvalue weighted by Gasteiger charge is 2.08. The molecule has 1 rings (SSSR count). The van der Waals surface area contributed by atoms with Crippen LogP contribution in [0.15, 0.2) is 24.3 Å². The van der Waals surface area contributed by atoms with Gasteiger partial charge in [0.2, 0.25) is 0 Å². The van der Waals surface area contributed by atoms with Gasteiger partial charge in [0, 0.05) is 11.8 Å². The fourth-order valence-electron chi connectivity index (χ4n) is 2.15. The maximum atomic E-state index is 11.4. The minimum absolute atomic E-state index is 0.194. The van der Waals surface area contributed by atoms with E-state index in [4.69, 9.17) is 4.74 Å². The van der Waals surface area contributed by atoms with E-state index in [1.165, 1.54) is 5.56 Å². The van der Waals surface area contributed by atoms with E-state index in [0.717, 1.165) is 18.7 Å². The Labute approximate surface area is 128 Å². The number of ether oxygens (including phenoxy) is 1. The largest absolute Gasteiger partial charge is 0.494 e. The summed E-state index contributed by atoms with van der Waals surface area (Å²) in [4.78, 5) is 0. The predicted octanol–water partition coefficient (Wildman–Crippen LogP) is 2.95. The van der Waals surface area contributed by atoms with E-state index >= 15 is 0 Å². The van der Waals surface area contributed by atoms with Crippen LogP contribution >= 0.6 is 0 Å². The first-order valence-corrected chi connectivity index (χ1v) is 9.51. The quantitative estimate of drug-likeness (QED) is 0.675. The zero-order valence-electron chi connectivity index (χ0n) is 13.3. The summed E-state index contributed by atoms with van der Waals surface area (Å²) in [6.45, 7) is 7.31. The molecule has 0 aliphatic carbocycles. The molecule has 0 aliphatic rings. The van der Waals surface area contributed by atoms with E-state index in [2.05, 4.69) is 31.3 Å². The van der Waals surface area contributed by atoms with Crippen molar-refractivity contribution in [3.63, 3.8) is 0 Å². The van der Waals surface area contributed by atoms with Crippen molar-refractivity contribution in [2.45, 2.75) is 39.7 Å². The molecule has 0 saturated carbocycles. The molecule has 1 N–H and O–H groups in total. The van der Waals surface area contributed by atoms with Crippen molar-refractivity contribution < 1.29 is 13.2 Å². The van der Waals surface area contributed by atoms with E-state index in [9.17, 15) is 8.42 Å². The molecule has 0 amide bonds. The van der Waals surface area contributed by atoms with Crippen molar-refractivity contribution in [3.05, 3.63) is 29.8 Å². The van der Waals surface area contributed by atoms with Crippen molar-refractivity contribution in [2.24, 2.45) is 0 Å². The molecular formula is C16H27NO3S. The maximum absolute atomic E-state index is 11.4. The Hall–Kier alpha value is -1.07. The summed E-state index contributed by atoms with van der Waals surface area (Å²) in [6.07, 6.45) is 1.58. The van der Waals surface area contributed by atoms with Crippen LogP contribution in [0.5, 0.6) is 5.75 Å². The lowest BCUT2D eigenvalue weighted by atomic mass is 10.0. The van der Waals surface area contributed by atoms with Gasteiger partial charge in [0.1, 0.15) is 15.6 Å². The summed E-state index contributed by atoms with van der Waals surface area (Å²) in [6, 6.07) is 8.40. The van der Waals surface area contributed by atoms with Gasteiger partial charge in [0.05, 0.1) is 12.4 Å². The number of nitrogens with one attached hydrogen (secondary N) is 1. The number of sulfone groups is 1. The van der Waals surface area contributed by atoms with Gasteiger partial charge >= 0.3 is 0 Å². The molecule has 0 bridgehead atoms. The molecule has 0 radical (unpaired) electrons. The number of rotatable bonds is 10. The summed E-state index contributed by atoms with van der Waals surface area (Å²) >= 11 is 0. The molecule has 4 nitrogen and oxygen atoms in total. The lowest BCUT2D eigenvalue weighted by molar-refractivity contribution is 0.317. The van der Waals surface area contributed by atoms with Gasteiger partial charge in [0.25, 0.3) is 0 Å². The van der Waals surface area contributed by atoms with Gasteiger partial charge in [-0.25, -0.2) is 8.42 Å². The molecule has 0 fully saturated rings. The second kappa shape index (κ2) is 9.05. The van der Waals surface area contributed by atoms with Crippen molar-refractivity contribution in [1.29, 1.82) is 0 Å². The molecule has 0 saturated heterocycles. The van der Waals surface area contributed by atoms with E-state index in [-0.39, 0.29) is 11.5 Å². The molecule has 1 aromatic rings. The van der Waals surface area contributed by atoms with E-state index in [0.29, 0.717) is 19.1 Å². The normalized spacial score (nSPS) is 13.1. The Morgan fingerprint density at radius 1 is 1.14 bits per heavy atom. The number of benzene rings is 1. The van der Waals surface area contributed by atoms with Gasteiger partial charge in [-0.3, -0.25) is 0 Å². The second-order valence-corrected chi connectivity index (χ2v) is 7.50. The molecule has 5 heteroatoms. The minimum Gasteiger partial charge on any atom is -0.494 e. The highest BCUT2D eigenvalue weighted by atomic mass is 32.2. The first-order valence-electron chi connectivity index (χ1n) is 7.69. The van der Waals surface area contributed by atoms with Crippen LogP contribution in [0.1, 0.15) is 45.2 Å². The number of hydrogen-bond donors (Lipinski definition) is 1. The van der Waals surface area contributed by atoms with E-state index in [1.807, 2.05) is 12.1 Å². The predicted molar refractivity (Wildman–Crippen MR) is 87.6 cm³/mol. The Bertz CT molecular complexity index is 497. The zero-order chi connectivity index (χ0) is 15.7. The van der Waals surface area contributed by atoms with Crippen LogP contribution in [0.25, 0.3) is 0 Å². The van der Waals surface area contributed by atoms with Crippen LogP contribution in [0.3, 0.4) is 0 Å². The summed E-state index contributed by atoms with van der Waals surface area (Å²) in [5.74, 6) is 1.18. The molecule has 0 aromatic heterocycles. The SMILES string of the molecule is CCNC(CC)c1ccc(OCCCS(=O)(=O)CC)cc1. The van der Waals surface area contributed by atoms with E-state index in [1.54, 1.807) is 6.92 Å². The van der Waals surface area contributed by atoms with Crippen LogP contribution in [0.2, 0.25) is 0 Å². The van der Waals surface area contributed by atoms with Crippen molar-refractivity contribution in [1.82, 2.24) is 5.32 Å². The molecule has 0 aliphatic heterocycles. The van der Waals surface area contributed by atoms with Gasteiger partial charge in [-0.1, -0.05) is 32.9 Å². The third-order valence-corrected chi connectivity index (χ3v) is 5.24. The average Bonchev–Trinajstić information content (AvgIpc) is 2.50. The van der Waals surface area contributed by atoms with Crippen LogP contribution in [0, 0.1) is 0 Å². The van der Waals surface area contributed by atoms with Gasteiger partial charge in [-0.15, -0.1) is 0 Å². The van der Waals surface area contributed by atoms with Gasteiger partial charge in [-0.05, 0) is 37.1 Å². The van der Waals surface area contributed by atoms with Crippen LogP contribution in [0.4, 0.5) is 0 Å². The number of hydrogen-bond acceptors (Lipinski definition) is 4. The van der Waals surface area contributed by atoms with E-state index < -0.39 is 9.84 Å². The standard InChI is InChI=1S/C16H27NO3S/c1-4-16(17-5-2)14-8-10-15(11-9-14)20-12-7-13-21(18,19)6-3/h8-11,16-17H,4-7,12-13H2,1-3H3. The average molecular weight is 313 g/mol. The van der Waals surface area contributed by atoms with Crippen LogP contribution in [-0.2, 0) is 9.84 Å². The van der Waals surface area contributed by atoms with Gasteiger partial charge < -0.3 is 10.1 Å². The smallest absolute Gasteiger partial charge is 0.150 e. The third kappa shape index (κ3) is 6.48. The lowest BCUT2D eigenvalue weighted by Gasteiger charge is -2.16. The van der Waals surface area contributed by atoms with Crippen molar-refractivity contribution >= 4 is 9.84 Å². The Kier molecular flexibility index (Phi) is 7.75. The molecule has 1 atom stereocenters. The minimum atomic E-state index is -2.89. The van der Waals surface area contributed by atoms with Crippen LogP contribution in [-0.4, -0.2) is 33.1 Å². The molecule has 1 aromatic carbocycles. The first kappa shape index (κ1) is 18.0. The third-order valence-electron chi connectivity index (χ3n) is 3.45. The monoisotopic (exact) mass is 313 g/mol. The molecule has 21 heavy (non-hydrogen) atoms. The molecule has 0 spiro atoms. The Balaban J connectivity index is 2.44. The second-order valence-electron chi connectivity index (χ2n) is 5.03. The summed E-state index contributed by atoms with van der Waals surface area (Å²) in [5.41, 5.74) is 1.25.